The molecule has 22 heavy (non-hydrogen) atoms. The van der Waals surface area contributed by atoms with Crippen LogP contribution in [0.15, 0.2) is 42.5 Å². The van der Waals surface area contributed by atoms with Crippen LogP contribution in [0.4, 0.5) is 0 Å². The molecule has 0 aromatic heterocycles. The van der Waals surface area contributed by atoms with Crippen LogP contribution in [0.2, 0.25) is 0 Å². The van der Waals surface area contributed by atoms with E-state index >= 15 is 0 Å². The van der Waals surface area contributed by atoms with Gasteiger partial charge in [-0.05, 0) is 49.2 Å². The average molecular weight is 319 g/mol. The van der Waals surface area contributed by atoms with E-state index in [1.165, 1.54) is 0 Å². The zero-order valence-corrected chi connectivity index (χ0v) is 13.7. The molecule has 1 fully saturated rings. The van der Waals surface area contributed by atoms with E-state index in [0.717, 1.165) is 48.7 Å². The first-order chi connectivity index (χ1) is 10.3. The van der Waals surface area contributed by atoms with E-state index in [1.807, 2.05) is 42.3 Å². The van der Waals surface area contributed by atoms with Gasteiger partial charge in [0.1, 0.15) is 0 Å². The molecule has 1 heterocycles. The second-order valence-electron chi connectivity index (χ2n) is 5.78. The summed E-state index contributed by atoms with van der Waals surface area (Å²) in [7, 11) is 1.94. The van der Waals surface area contributed by atoms with Gasteiger partial charge >= 0.3 is 0 Å². The number of nitrogens with zero attached hydrogens (tertiary/aromatic N) is 1. The highest BCUT2D eigenvalue weighted by molar-refractivity contribution is 6.07. The number of nitrogens with one attached hydrogen (secondary N) is 1. The molecule has 2 aromatic rings. The molecule has 1 amide bonds. The van der Waals surface area contributed by atoms with E-state index in [4.69, 9.17) is 0 Å². The molecule has 0 aliphatic carbocycles. The smallest absolute Gasteiger partial charge is 0.254 e. The standard InChI is InChI=1S/C18H22N2O.ClH/c1-20(15-8-5-12-19-13-11-15)18(21)17-10-4-7-14-6-2-3-9-16(14)17;/h2-4,6-7,9-10,15,19H,5,8,11-13H2,1H3;1H. The number of fused-ring (bicyclic) bond motifs is 1. The summed E-state index contributed by atoms with van der Waals surface area (Å²) in [5.41, 5.74) is 0.813. The van der Waals surface area contributed by atoms with Crippen molar-refractivity contribution in [3.63, 3.8) is 0 Å². The highest BCUT2D eigenvalue weighted by Gasteiger charge is 2.23. The van der Waals surface area contributed by atoms with Gasteiger partial charge < -0.3 is 10.2 Å². The Morgan fingerprint density at radius 2 is 1.86 bits per heavy atom. The Morgan fingerprint density at radius 3 is 2.73 bits per heavy atom. The van der Waals surface area contributed by atoms with E-state index in [-0.39, 0.29) is 18.3 Å². The summed E-state index contributed by atoms with van der Waals surface area (Å²) in [5, 5.41) is 5.57. The molecule has 0 saturated carbocycles. The molecule has 1 N–H and O–H groups in total. The molecule has 4 heteroatoms. The minimum absolute atomic E-state index is 0. The van der Waals surface area contributed by atoms with Gasteiger partial charge in [0, 0.05) is 18.7 Å². The van der Waals surface area contributed by atoms with Crippen LogP contribution in [-0.4, -0.2) is 37.0 Å². The molecule has 1 atom stereocenters. The number of carbonyl (C=O) groups excluding carboxylic acids is 1. The van der Waals surface area contributed by atoms with Gasteiger partial charge in [-0.1, -0.05) is 36.4 Å². The van der Waals surface area contributed by atoms with E-state index in [1.54, 1.807) is 0 Å². The maximum Gasteiger partial charge on any atom is 0.254 e. The van der Waals surface area contributed by atoms with E-state index in [9.17, 15) is 4.79 Å². The summed E-state index contributed by atoms with van der Waals surface area (Å²) >= 11 is 0. The highest BCUT2D eigenvalue weighted by Crippen LogP contribution is 2.22. The van der Waals surface area contributed by atoms with Crippen molar-refractivity contribution >= 4 is 29.1 Å². The third kappa shape index (κ3) is 3.42. The van der Waals surface area contributed by atoms with Crippen molar-refractivity contribution in [2.45, 2.75) is 25.3 Å². The van der Waals surface area contributed by atoms with Gasteiger partial charge in [-0.25, -0.2) is 0 Å². The summed E-state index contributed by atoms with van der Waals surface area (Å²) in [6, 6.07) is 14.4. The summed E-state index contributed by atoms with van der Waals surface area (Å²) in [4.78, 5) is 14.8. The Balaban J connectivity index is 0.00000176. The number of amides is 1. The lowest BCUT2D eigenvalue weighted by molar-refractivity contribution is 0.0722. The van der Waals surface area contributed by atoms with Crippen LogP contribution in [0.5, 0.6) is 0 Å². The first kappa shape index (κ1) is 16.8. The fraction of sp³-hybridized carbons (Fsp3) is 0.389. The topological polar surface area (TPSA) is 32.3 Å². The molecule has 3 nitrogen and oxygen atoms in total. The predicted octanol–water partition coefficient (Wildman–Crippen LogP) is 3.48. The lowest BCUT2D eigenvalue weighted by Crippen LogP contribution is -2.37. The zero-order chi connectivity index (χ0) is 14.7. The average Bonchev–Trinajstić information content (AvgIpc) is 2.82. The van der Waals surface area contributed by atoms with Crippen LogP contribution >= 0.6 is 12.4 Å². The number of hydrogen-bond donors (Lipinski definition) is 1. The summed E-state index contributed by atoms with van der Waals surface area (Å²) in [6.45, 7) is 2.06. The minimum atomic E-state index is 0. The fourth-order valence-electron chi connectivity index (χ4n) is 3.16. The van der Waals surface area contributed by atoms with Crippen molar-refractivity contribution in [1.82, 2.24) is 10.2 Å². The predicted molar refractivity (Wildman–Crippen MR) is 93.8 cm³/mol. The molecule has 3 rings (SSSR count). The van der Waals surface area contributed by atoms with Crippen LogP contribution in [0, 0.1) is 0 Å². The van der Waals surface area contributed by atoms with Crippen LogP contribution < -0.4 is 5.32 Å². The van der Waals surface area contributed by atoms with Gasteiger partial charge in [0.2, 0.25) is 0 Å². The molecule has 1 unspecified atom stereocenters. The monoisotopic (exact) mass is 318 g/mol. The molecule has 118 valence electrons. The first-order valence-electron chi connectivity index (χ1n) is 7.73. The van der Waals surface area contributed by atoms with Crippen LogP contribution in [0.25, 0.3) is 10.8 Å². The molecule has 1 saturated heterocycles. The molecule has 2 aromatic carbocycles. The van der Waals surface area contributed by atoms with Crippen molar-refractivity contribution in [3.05, 3.63) is 48.0 Å². The fourth-order valence-corrected chi connectivity index (χ4v) is 3.16. The molecular weight excluding hydrogens is 296 g/mol. The van der Waals surface area contributed by atoms with Crippen LogP contribution in [0.1, 0.15) is 29.6 Å². The SMILES string of the molecule is CN(C(=O)c1cccc2ccccc12)C1CCCNCC1.Cl. The van der Waals surface area contributed by atoms with E-state index < -0.39 is 0 Å². The highest BCUT2D eigenvalue weighted by atomic mass is 35.5. The molecule has 1 aliphatic heterocycles. The quantitative estimate of drug-likeness (QED) is 0.919. The molecule has 0 spiro atoms. The van der Waals surface area contributed by atoms with Gasteiger partial charge in [-0.15, -0.1) is 12.4 Å². The van der Waals surface area contributed by atoms with Crippen LogP contribution in [-0.2, 0) is 0 Å². The summed E-state index contributed by atoms with van der Waals surface area (Å²) in [6.07, 6.45) is 3.25. The van der Waals surface area contributed by atoms with Crippen LogP contribution in [0.3, 0.4) is 0 Å². The van der Waals surface area contributed by atoms with Gasteiger partial charge in [0.05, 0.1) is 0 Å². The van der Waals surface area contributed by atoms with E-state index in [2.05, 4.69) is 17.4 Å². The summed E-state index contributed by atoms with van der Waals surface area (Å²) < 4.78 is 0. The zero-order valence-electron chi connectivity index (χ0n) is 12.9. The Labute approximate surface area is 138 Å². The normalized spacial score (nSPS) is 18.3. The van der Waals surface area contributed by atoms with Crippen molar-refractivity contribution in [2.24, 2.45) is 0 Å². The maximum atomic E-state index is 12.9. The number of halogens is 1. The molecular formula is C18H23ClN2O. The maximum absolute atomic E-state index is 12.9. The van der Waals surface area contributed by atoms with Crippen molar-refractivity contribution in [2.75, 3.05) is 20.1 Å². The van der Waals surface area contributed by atoms with Crippen molar-refractivity contribution < 1.29 is 4.79 Å². The summed E-state index contributed by atoms with van der Waals surface area (Å²) in [5.74, 6) is 0.138. The van der Waals surface area contributed by atoms with Gasteiger partial charge in [0.25, 0.3) is 5.91 Å². The third-order valence-electron chi connectivity index (χ3n) is 4.43. The largest absolute Gasteiger partial charge is 0.339 e. The number of benzene rings is 2. The van der Waals surface area contributed by atoms with Gasteiger partial charge in [-0.2, -0.15) is 0 Å². The van der Waals surface area contributed by atoms with E-state index in [0.29, 0.717) is 6.04 Å². The van der Waals surface area contributed by atoms with Crippen molar-refractivity contribution in [1.29, 1.82) is 0 Å². The van der Waals surface area contributed by atoms with Gasteiger partial charge in [0.15, 0.2) is 0 Å². The Morgan fingerprint density at radius 1 is 1.09 bits per heavy atom. The number of rotatable bonds is 2. The Hall–Kier alpha value is -1.58. The Bertz CT molecular complexity index is 631. The lowest BCUT2D eigenvalue weighted by Gasteiger charge is -2.27. The number of hydrogen-bond acceptors (Lipinski definition) is 2. The van der Waals surface area contributed by atoms with Crippen molar-refractivity contribution in [3.8, 4) is 0 Å². The first-order valence-corrected chi connectivity index (χ1v) is 7.73. The lowest BCUT2D eigenvalue weighted by atomic mass is 10.0. The molecule has 0 bridgehead atoms. The Kier molecular flexibility index (Phi) is 5.81. The molecule has 0 radical (unpaired) electrons. The van der Waals surface area contributed by atoms with Gasteiger partial charge in [-0.3, -0.25) is 4.79 Å². The minimum Gasteiger partial charge on any atom is -0.339 e. The second kappa shape index (κ2) is 7.61. The third-order valence-corrected chi connectivity index (χ3v) is 4.43. The number of carbonyl (C=O) groups is 1. The molecule has 1 aliphatic rings. The second-order valence-corrected chi connectivity index (χ2v) is 5.78.